The smallest absolute Gasteiger partial charge is 0.165 e. The van der Waals surface area contributed by atoms with Gasteiger partial charge in [0.25, 0.3) is 0 Å². The fraction of sp³-hybridized carbons (Fsp3) is 0.520. The average Bonchev–Trinajstić information content (AvgIpc) is 3.30. The Kier molecular flexibility index (Phi) is 4.41. The molecule has 1 aromatic carbocycles. The van der Waals surface area contributed by atoms with Crippen molar-refractivity contribution in [2.45, 2.75) is 58.4 Å². The zero-order valence-corrected chi connectivity index (χ0v) is 17.6. The number of allylic oxidation sites excluding steroid dienone is 1. The molecule has 0 saturated heterocycles. The molecule has 1 aromatic heterocycles. The van der Waals surface area contributed by atoms with Gasteiger partial charge in [0.2, 0.25) is 0 Å². The van der Waals surface area contributed by atoms with Gasteiger partial charge in [-0.25, -0.2) is 0 Å². The largest absolute Gasteiger partial charge is 0.497 e. The molecule has 1 heterocycles. The number of aryl methyl sites for hydroxylation is 2. The number of carbonyl (C=O) groups is 1. The van der Waals surface area contributed by atoms with Crippen LogP contribution in [0.5, 0.6) is 5.75 Å². The van der Waals surface area contributed by atoms with Crippen LogP contribution in [0.1, 0.15) is 62.1 Å². The molecule has 3 aliphatic carbocycles. The molecule has 5 rings (SSSR count). The predicted molar refractivity (Wildman–Crippen MR) is 114 cm³/mol. The van der Waals surface area contributed by atoms with E-state index in [-0.39, 0.29) is 5.41 Å². The normalized spacial score (nSPS) is 32.0. The molecule has 2 fully saturated rings. The van der Waals surface area contributed by atoms with E-state index in [2.05, 4.69) is 43.2 Å². The van der Waals surface area contributed by atoms with E-state index in [0.29, 0.717) is 23.5 Å². The number of ether oxygens (including phenoxy) is 1. The molecule has 0 unspecified atom stereocenters. The SMILES string of the molecule is CCn1cc(/C=C2\C[C@H]3[C@H]4CCc5cc(OC)ccc5[C@@H]4CC[C@]3(C)C2=O)cn1. The van der Waals surface area contributed by atoms with Crippen LogP contribution in [0.25, 0.3) is 6.08 Å². The molecule has 0 N–H and O–H groups in total. The summed E-state index contributed by atoms with van der Waals surface area (Å²) in [7, 11) is 1.74. The van der Waals surface area contributed by atoms with Crippen molar-refractivity contribution >= 4 is 11.9 Å². The van der Waals surface area contributed by atoms with Crippen LogP contribution in [-0.4, -0.2) is 22.7 Å². The summed E-state index contributed by atoms with van der Waals surface area (Å²) < 4.78 is 7.36. The number of fused-ring (bicyclic) bond motifs is 5. The first-order valence-electron chi connectivity index (χ1n) is 11.0. The highest BCUT2D eigenvalue weighted by Crippen LogP contribution is 2.60. The number of Topliss-reactive ketones (excluding diaryl/α,β-unsaturated/α-hetero) is 1. The second-order valence-electron chi connectivity index (χ2n) is 9.27. The average molecular weight is 391 g/mol. The minimum Gasteiger partial charge on any atom is -0.497 e. The lowest BCUT2D eigenvalue weighted by atomic mass is 9.55. The Morgan fingerprint density at radius 1 is 1.34 bits per heavy atom. The standard InChI is InChI=1S/C25H30N2O2/c1-4-27-15-16(14-26-27)11-18-13-23-22-7-5-17-12-19(29-3)6-8-20(17)21(22)9-10-25(23,2)24(18)28/h6,8,11-12,14-15,21-23H,4-5,7,9-10,13H2,1-3H3/b18-11+/t21-,22-,23-,25-/m0/s1. The molecular weight excluding hydrogens is 360 g/mol. The molecule has 29 heavy (non-hydrogen) atoms. The fourth-order valence-electron chi connectivity index (χ4n) is 6.31. The Balaban J connectivity index is 1.46. The summed E-state index contributed by atoms with van der Waals surface area (Å²) >= 11 is 0. The highest BCUT2D eigenvalue weighted by molar-refractivity contribution is 6.05. The third kappa shape index (κ3) is 2.87. The predicted octanol–water partition coefficient (Wildman–Crippen LogP) is 5.03. The number of aromatic nitrogens is 2. The molecule has 4 nitrogen and oxygen atoms in total. The summed E-state index contributed by atoms with van der Waals surface area (Å²) in [6.45, 7) is 5.17. The van der Waals surface area contributed by atoms with Crippen molar-refractivity contribution in [3.05, 3.63) is 52.9 Å². The molecule has 0 amide bonds. The topological polar surface area (TPSA) is 44.1 Å². The Morgan fingerprint density at radius 2 is 2.21 bits per heavy atom. The molecule has 0 aliphatic heterocycles. The number of carbonyl (C=O) groups excluding carboxylic acids is 1. The van der Waals surface area contributed by atoms with E-state index in [1.54, 1.807) is 7.11 Å². The molecule has 3 aliphatic rings. The number of benzene rings is 1. The Bertz CT molecular complexity index is 988. The maximum absolute atomic E-state index is 13.4. The number of hydrogen-bond donors (Lipinski definition) is 0. The lowest BCUT2D eigenvalue weighted by Gasteiger charge is -2.48. The first-order valence-corrected chi connectivity index (χ1v) is 11.0. The van der Waals surface area contributed by atoms with Gasteiger partial charge in [-0.3, -0.25) is 9.48 Å². The molecule has 152 valence electrons. The van der Waals surface area contributed by atoms with Gasteiger partial charge in [0.05, 0.1) is 13.3 Å². The van der Waals surface area contributed by atoms with Crippen LogP contribution in [0.15, 0.2) is 36.2 Å². The van der Waals surface area contributed by atoms with Gasteiger partial charge >= 0.3 is 0 Å². The second-order valence-corrected chi connectivity index (χ2v) is 9.27. The van der Waals surface area contributed by atoms with Crippen LogP contribution >= 0.6 is 0 Å². The van der Waals surface area contributed by atoms with Crippen LogP contribution in [0, 0.1) is 17.3 Å². The summed E-state index contributed by atoms with van der Waals surface area (Å²) in [6.07, 6.45) is 11.3. The van der Waals surface area contributed by atoms with Gasteiger partial charge in [0, 0.05) is 23.7 Å². The number of rotatable bonds is 3. The molecule has 0 bridgehead atoms. The van der Waals surface area contributed by atoms with Gasteiger partial charge in [-0.1, -0.05) is 13.0 Å². The van der Waals surface area contributed by atoms with E-state index in [0.717, 1.165) is 49.1 Å². The highest BCUT2D eigenvalue weighted by atomic mass is 16.5. The van der Waals surface area contributed by atoms with Crippen molar-refractivity contribution in [3.8, 4) is 5.75 Å². The van der Waals surface area contributed by atoms with Gasteiger partial charge in [-0.05, 0) is 91.7 Å². The van der Waals surface area contributed by atoms with Crippen LogP contribution in [0.2, 0.25) is 0 Å². The van der Waals surface area contributed by atoms with Crippen molar-refractivity contribution in [1.29, 1.82) is 0 Å². The van der Waals surface area contributed by atoms with Crippen molar-refractivity contribution in [2.75, 3.05) is 7.11 Å². The molecule has 4 atom stereocenters. The van der Waals surface area contributed by atoms with E-state index < -0.39 is 0 Å². The zero-order valence-electron chi connectivity index (χ0n) is 17.6. The molecule has 4 heteroatoms. The van der Waals surface area contributed by atoms with Gasteiger partial charge < -0.3 is 4.74 Å². The van der Waals surface area contributed by atoms with Gasteiger partial charge in [-0.2, -0.15) is 5.10 Å². The van der Waals surface area contributed by atoms with Crippen molar-refractivity contribution in [2.24, 2.45) is 17.3 Å². The van der Waals surface area contributed by atoms with Crippen molar-refractivity contribution in [1.82, 2.24) is 9.78 Å². The van der Waals surface area contributed by atoms with E-state index in [9.17, 15) is 4.79 Å². The first kappa shape index (κ1) is 18.7. The third-order valence-electron chi connectivity index (χ3n) is 7.89. The number of ketones is 1. The monoisotopic (exact) mass is 390 g/mol. The molecule has 0 radical (unpaired) electrons. The summed E-state index contributed by atoms with van der Waals surface area (Å²) in [4.78, 5) is 13.4. The first-order chi connectivity index (χ1) is 14.0. The molecule has 2 aromatic rings. The quantitative estimate of drug-likeness (QED) is 0.691. The third-order valence-corrected chi connectivity index (χ3v) is 7.89. The molecule has 2 saturated carbocycles. The summed E-state index contributed by atoms with van der Waals surface area (Å²) in [5.41, 5.74) is 4.81. The number of nitrogens with zero attached hydrogens (tertiary/aromatic N) is 2. The van der Waals surface area contributed by atoms with E-state index in [1.165, 1.54) is 17.5 Å². The Labute approximate surface area is 173 Å². The lowest BCUT2D eigenvalue weighted by molar-refractivity contribution is -0.127. The van der Waals surface area contributed by atoms with Crippen molar-refractivity contribution in [3.63, 3.8) is 0 Å². The van der Waals surface area contributed by atoms with Crippen LogP contribution in [-0.2, 0) is 17.8 Å². The maximum atomic E-state index is 13.4. The number of hydrogen-bond acceptors (Lipinski definition) is 3. The summed E-state index contributed by atoms with van der Waals surface area (Å²) in [5, 5.41) is 4.37. The van der Waals surface area contributed by atoms with E-state index in [4.69, 9.17) is 4.74 Å². The van der Waals surface area contributed by atoms with Gasteiger partial charge in [-0.15, -0.1) is 0 Å². The minimum atomic E-state index is -0.197. The lowest BCUT2D eigenvalue weighted by Crippen LogP contribution is -2.42. The van der Waals surface area contributed by atoms with Crippen LogP contribution in [0.3, 0.4) is 0 Å². The fourth-order valence-corrected chi connectivity index (χ4v) is 6.31. The van der Waals surface area contributed by atoms with Crippen LogP contribution in [0.4, 0.5) is 0 Å². The molecular formula is C25H30N2O2. The Hall–Kier alpha value is -2.36. The van der Waals surface area contributed by atoms with E-state index >= 15 is 0 Å². The van der Waals surface area contributed by atoms with Crippen molar-refractivity contribution < 1.29 is 9.53 Å². The second kappa shape index (κ2) is 6.86. The van der Waals surface area contributed by atoms with Gasteiger partial charge in [0.1, 0.15) is 5.75 Å². The van der Waals surface area contributed by atoms with Gasteiger partial charge in [0.15, 0.2) is 5.78 Å². The summed E-state index contributed by atoms with van der Waals surface area (Å²) in [5.74, 6) is 2.97. The minimum absolute atomic E-state index is 0.197. The zero-order chi connectivity index (χ0) is 20.2. The van der Waals surface area contributed by atoms with Crippen LogP contribution < -0.4 is 4.74 Å². The number of methoxy groups -OCH3 is 1. The van der Waals surface area contributed by atoms with E-state index in [1.807, 2.05) is 17.1 Å². The highest BCUT2D eigenvalue weighted by Gasteiger charge is 2.56. The Morgan fingerprint density at radius 3 is 2.97 bits per heavy atom. The molecule has 0 spiro atoms. The summed E-state index contributed by atoms with van der Waals surface area (Å²) in [6, 6.07) is 6.60. The maximum Gasteiger partial charge on any atom is 0.165 e.